The van der Waals surface area contributed by atoms with E-state index in [0.29, 0.717) is 26.2 Å². The summed E-state index contributed by atoms with van der Waals surface area (Å²) in [5.41, 5.74) is 2.42. The van der Waals surface area contributed by atoms with Gasteiger partial charge in [-0.15, -0.1) is 0 Å². The van der Waals surface area contributed by atoms with Crippen LogP contribution in [-0.4, -0.2) is 42.2 Å². The summed E-state index contributed by atoms with van der Waals surface area (Å²) in [7, 11) is 0. The van der Waals surface area contributed by atoms with Crippen molar-refractivity contribution in [3.8, 4) is 0 Å². The number of amides is 1. The van der Waals surface area contributed by atoms with Crippen LogP contribution in [0.3, 0.4) is 0 Å². The highest BCUT2D eigenvalue weighted by Gasteiger charge is 2.28. The fourth-order valence-corrected chi connectivity index (χ4v) is 3.09. The number of hydrogen-bond acceptors (Lipinski definition) is 6. The topological polar surface area (TPSA) is 98.9 Å². The van der Waals surface area contributed by atoms with Gasteiger partial charge in [-0.2, -0.15) is 0 Å². The Bertz CT molecular complexity index is 820. The first kappa shape index (κ1) is 17.6. The molecule has 0 unspecified atom stereocenters. The van der Waals surface area contributed by atoms with Crippen LogP contribution in [0.25, 0.3) is 0 Å². The van der Waals surface area contributed by atoms with Crippen molar-refractivity contribution in [2.45, 2.75) is 0 Å². The zero-order valence-electron chi connectivity index (χ0n) is 13.8. The SMILES string of the molecule is O=C(NO)c1cccc([N+](=O)[O-])c1N1CCN(c2ccc(F)cc2)CC1. The number of nitro groups is 1. The van der Waals surface area contributed by atoms with Crippen LogP contribution in [0.15, 0.2) is 42.5 Å². The molecule has 2 aromatic carbocycles. The van der Waals surface area contributed by atoms with Gasteiger partial charge in [0.25, 0.3) is 11.6 Å². The normalized spacial score (nSPS) is 14.2. The van der Waals surface area contributed by atoms with E-state index in [1.807, 2.05) is 4.90 Å². The third-order valence-corrected chi connectivity index (χ3v) is 4.35. The van der Waals surface area contributed by atoms with Gasteiger partial charge in [0.15, 0.2) is 0 Å². The standard InChI is InChI=1S/C17H17FN4O4/c18-12-4-6-13(7-5-12)20-8-10-21(11-9-20)16-14(17(23)19-24)2-1-3-15(16)22(25)26/h1-7,24H,8-11H2,(H,19,23). The van der Waals surface area contributed by atoms with Gasteiger partial charge in [-0.25, -0.2) is 9.87 Å². The fourth-order valence-electron chi connectivity index (χ4n) is 3.09. The molecule has 3 rings (SSSR count). The molecule has 1 aliphatic rings. The minimum absolute atomic E-state index is 0.0388. The lowest BCUT2D eigenvalue weighted by atomic mass is 10.1. The molecule has 26 heavy (non-hydrogen) atoms. The number of piperazine rings is 1. The van der Waals surface area contributed by atoms with Gasteiger partial charge < -0.3 is 9.80 Å². The van der Waals surface area contributed by atoms with Gasteiger partial charge in [-0.1, -0.05) is 6.07 Å². The summed E-state index contributed by atoms with van der Waals surface area (Å²) in [6, 6.07) is 10.3. The molecule has 0 saturated carbocycles. The van der Waals surface area contributed by atoms with E-state index in [0.717, 1.165) is 5.69 Å². The fraction of sp³-hybridized carbons (Fsp3) is 0.235. The molecule has 1 heterocycles. The highest BCUT2D eigenvalue weighted by atomic mass is 19.1. The summed E-state index contributed by atoms with van der Waals surface area (Å²) in [6.07, 6.45) is 0. The van der Waals surface area contributed by atoms with Crippen LogP contribution >= 0.6 is 0 Å². The molecule has 1 amide bonds. The molecular formula is C17H17FN4O4. The molecule has 2 aromatic rings. The average Bonchev–Trinajstić information content (AvgIpc) is 2.67. The van der Waals surface area contributed by atoms with E-state index in [2.05, 4.69) is 0 Å². The molecular weight excluding hydrogens is 343 g/mol. The van der Waals surface area contributed by atoms with Gasteiger partial charge in [-0.3, -0.25) is 20.1 Å². The molecule has 1 fully saturated rings. The second kappa shape index (κ2) is 7.36. The molecule has 1 aliphatic heterocycles. The van der Waals surface area contributed by atoms with Crippen molar-refractivity contribution >= 4 is 23.0 Å². The Morgan fingerprint density at radius 1 is 1.08 bits per heavy atom. The molecule has 0 bridgehead atoms. The number of benzene rings is 2. The maximum atomic E-state index is 13.1. The number of hydroxylamine groups is 1. The summed E-state index contributed by atoms with van der Waals surface area (Å²) in [4.78, 5) is 26.5. The molecule has 0 aromatic heterocycles. The van der Waals surface area contributed by atoms with Crippen LogP contribution in [0.2, 0.25) is 0 Å². The van der Waals surface area contributed by atoms with Crippen LogP contribution in [0.1, 0.15) is 10.4 Å². The molecule has 0 spiro atoms. The number of hydrogen-bond donors (Lipinski definition) is 2. The lowest BCUT2D eigenvalue weighted by molar-refractivity contribution is -0.384. The predicted molar refractivity (Wildman–Crippen MR) is 93.2 cm³/mol. The second-order valence-electron chi connectivity index (χ2n) is 5.82. The molecule has 0 atom stereocenters. The Labute approximate surface area is 148 Å². The van der Waals surface area contributed by atoms with Crippen LogP contribution in [0, 0.1) is 15.9 Å². The number of nitro benzene ring substituents is 1. The third kappa shape index (κ3) is 3.42. The van der Waals surface area contributed by atoms with Crippen LogP contribution < -0.4 is 15.3 Å². The molecule has 0 aliphatic carbocycles. The van der Waals surface area contributed by atoms with Gasteiger partial charge in [0, 0.05) is 37.9 Å². The highest BCUT2D eigenvalue weighted by Crippen LogP contribution is 2.33. The van der Waals surface area contributed by atoms with Gasteiger partial charge in [0.1, 0.15) is 11.5 Å². The van der Waals surface area contributed by atoms with E-state index in [9.17, 15) is 19.3 Å². The Hall–Kier alpha value is -3.20. The van der Waals surface area contributed by atoms with Crippen LogP contribution in [0.4, 0.5) is 21.5 Å². The number of nitrogens with one attached hydrogen (secondary N) is 1. The number of halogens is 1. The maximum Gasteiger partial charge on any atom is 0.293 e. The average molecular weight is 360 g/mol. The molecule has 8 nitrogen and oxygen atoms in total. The first-order valence-corrected chi connectivity index (χ1v) is 7.98. The number of carbonyl (C=O) groups excluding carboxylic acids is 1. The molecule has 136 valence electrons. The predicted octanol–water partition coefficient (Wildman–Crippen LogP) is 2.18. The number of carbonyl (C=O) groups is 1. The third-order valence-electron chi connectivity index (χ3n) is 4.35. The van der Waals surface area contributed by atoms with E-state index < -0.39 is 10.8 Å². The van der Waals surface area contributed by atoms with Gasteiger partial charge >= 0.3 is 0 Å². The summed E-state index contributed by atoms with van der Waals surface area (Å²) in [5, 5.41) is 20.3. The van der Waals surface area contributed by atoms with Crippen molar-refractivity contribution in [1.29, 1.82) is 0 Å². The first-order chi connectivity index (χ1) is 12.5. The zero-order chi connectivity index (χ0) is 18.7. The molecule has 1 saturated heterocycles. The first-order valence-electron chi connectivity index (χ1n) is 7.98. The van der Waals surface area contributed by atoms with Crippen molar-refractivity contribution in [1.82, 2.24) is 5.48 Å². The number of anilines is 2. The van der Waals surface area contributed by atoms with Gasteiger partial charge in [0.2, 0.25) is 0 Å². The highest BCUT2D eigenvalue weighted by molar-refractivity contribution is 6.01. The van der Waals surface area contributed by atoms with Crippen LogP contribution in [-0.2, 0) is 0 Å². The minimum atomic E-state index is -0.801. The zero-order valence-corrected chi connectivity index (χ0v) is 13.8. The number of para-hydroxylation sites is 1. The molecule has 9 heteroatoms. The Balaban J connectivity index is 1.85. The molecule has 2 N–H and O–H groups in total. The van der Waals surface area contributed by atoms with Crippen molar-refractivity contribution in [3.05, 3.63) is 64.0 Å². The lowest BCUT2D eigenvalue weighted by Gasteiger charge is -2.37. The molecule has 0 radical (unpaired) electrons. The quantitative estimate of drug-likeness (QED) is 0.493. The van der Waals surface area contributed by atoms with Crippen molar-refractivity contribution < 1.29 is 19.3 Å². The van der Waals surface area contributed by atoms with Gasteiger partial charge in [0.05, 0.1) is 10.5 Å². The maximum absolute atomic E-state index is 13.1. The Morgan fingerprint density at radius 2 is 1.69 bits per heavy atom. The summed E-state index contributed by atoms with van der Waals surface area (Å²) in [6.45, 7) is 1.98. The van der Waals surface area contributed by atoms with Crippen molar-refractivity contribution in [2.75, 3.05) is 36.0 Å². The largest absolute Gasteiger partial charge is 0.368 e. The summed E-state index contributed by atoms with van der Waals surface area (Å²) >= 11 is 0. The smallest absolute Gasteiger partial charge is 0.293 e. The van der Waals surface area contributed by atoms with Crippen LogP contribution in [0.5, 0.6) is 0 Å². The monoisotopic (exact) mass is 360 g/mol. The number of rotatable bonds is 4. The second-order valence-corrected chi connectivity index (χ2v) is 5.82. The van der Waals surface area contributed by atoms with E-state index >= 15 is 0 Å². The van der Waals surface area contributed by atoms with E-state index in [4.69, 9.17) is 5.21 Å². The minimum Gasteiger partial charge on any atom is -0.368 e. The van der Waals surface area contributed by atoms with E-state index in [-0.39, 0.29) is 22.8 Å². The van der Waals surface area contributed by atoms with E-state index in [1.54, 1.807) is 17.0 Å². The lowest BCUT2D eigenvalue weighted by Crippen LogP contribution is -2.47. The van der Waals surface area contributed by atoms with E-state index in [1.165, 1.54) is 35.8 Å². The Morgan fingerprint density at radius 3 is 2.27 bits per heavy atom. The Kier molecular flexibility index (Phi) is 4.99. The van der Waals surface area contributed by atoms with Gasteiger partial charge in [-0.05, 0) is 30.3 Å². The number of nitrogens with zero attached hydrogens (tertiary/aromatic N) is 3. The van der Waals surface area contributed by atoms with Crippen molar-refractivity contribution in [2.24, 2.45) is 0 Å². The summed E-state index contributed by atoms with van der Waals surface area (Å²) in [5.74, 6) is -1.11. The van der Waals surface area contributed by atoms with Crippen molar-refractivity contribution in [3.63, 3.8) is 0 Å². The summed E-state index contributed by atoms with van der Waals surface area (Å²) < 4.78 is 13.1.